The van der Waals surface area contributed by atoms with Gasteiger partial charge in [-0.3, -0.25) is 4.90 Å². The van der Waals surface area contributed by atoms with Crippen LogP contribution < -0.4 is 5.32 Å². The quantitative estimate of drug-likeness (QED) is 0.632. The Bertz CT molecular complexity index is 1100. The number of hydrogen-bond acceptors (Lipinski definition) is 4. The Hall–Kier alpha value is -3.41. The van der Waals surface area contributed by atoms with Gasteiger partial charge in [-0.25, -0.2) is 4.79 Å². The van der Waals surface area contributed by atoms with Crippen molar-refractivity contribution in [1.82, 2.24) is 20.4 Å². The number of nitrogens with zero attached hydrogens (tertiary/aromatic N) is 3. The van der Waals surface area contributed by atoms with Crippen LogP contribution in [0.2, 0.25) is 0 Å². The highest BCUT2D eigenvalue weighted by atomic mass is 16.5. The molecular weight excluding hydrogens is 376 g/mol. The van der Waals surface area contributed by atoms with Gasteiger partial charge in [0.25, 0.3) is 5.89 Å². The minimum atomic E-state index is -0.353. The van der Waals surface area contributed by atoms with Crippen molar-refractivity contribution in [1.29, 1.82) is 0 Å². The molecule has 30 heavy (non-hydrogen) atoms. The maximum Gasteiger partial charge on any atom is 0.322 e. The van der Waals surface area contributed by atoms with E-state index in [0.29, 0.717) is 18.3 Å². The number of aryl methyl sites for hydroxylation is 2. The Morgan fingerprint density at radius 3 is 2.53 bits per heavy atom. The molecule has 4 rings (SSSR count). The second kappa shape index (κ2) is 8.14. The molecule has 2 heterocycles. The van der Waals surface area contributed by atoms with E-state index in [-0.39, 0.29) is 12.1 Å². The highest BCUT2D eigenvalue weighted by Crippen LogP contribution is 2.37. The maximum atomic E-state index is 12.8. The fourth-order valence-electron chi connectivity index (χ4n) is 3.78. The summed E-state index contributed by atoms with van der Waals surface area (Å²) in [6.45, 7) is 8.78. The minimum Gasteiger partial charge on any atom is -0.334 e. The molecule has 0 aliphatic carbocycles. The van der Waals surface area contributed by atoms with Crippen molar-refractivity contribution in [3.8, 4) is 11.4 Å². The van der Waals surface area contributed by atoms with Crippen molar-refractivity contribution in [3.05, 3.63) is 76.8 Å². The lowest BCUT2D eigenvalue weighted by Crippen LogP contribution is -2.46. The molecule has 1 unspecified atom stereocenters. The van der Waals surface area contributed by atoms with Crippen LogP contribution in [0.25, 0.3) is 17.0 Å². The zero-order valence-corrected chi connectivity index (χ0v) is 17.8. The van der Waals surface area contributed by atoms with Gasteiger partial charge in [-0.15, -0.1) is 0 Å². The zero-order chi connectivity index (χ0) is 21.3. The first kappa shape index (κ1) is 19.9. The van der Waals surface area contributed by atoms with Crippen molar-refractivity contribution in [2.24, 2.45) is 0 Å². The van der Waals surface area contributed by atoms with E-state index in [2.05, 4.69) is 48.4 Å². The van der Waals surface area contributed by atoms with E-state index in [1.807, 2.05) is 43.3 Å². The molecule has 3 aromatic rings. The van der Waals surface area contributed by atoms with Gasteiger partial charge in [-0.2, -0.15) is 4.98 Å². The third-order valence-corrected chi connectivity index (χ3v) is 5.60. The number of carbonyl (C=O) groups is 1. The highest BCUT2D eigenvalue weighted by Gasteiger charge is 2.35. The van der Waals surface area contributed by atoms with E-state index in [0.717, 1.165) is 28.8 Å². The number of carbonyl (C=O) groups excluding carboxylic acids is 1. The molecule has 1 N–H and O–H groups in total. The third kappa shape index (κ3) is 3.61. The summed E-state index contributed by atoms with van der Waals surface area (Å²) in [7, 11) is 0. The second-order valence-electron chi connectivity index (χ2n) is 7.67. The minimum absolute atomic E-state index is 0.107. The SMILES string of the molecule is CCCN1C(=O)NC(c2ccc(C)c(C)c2)C(c2nc(-c3ccccc3)no2)=C1C. The van der Waals surface area contributed by atoms with Gasteiger partial charge in [-0.1, -0.05) is 60.6 Å². The first-order chi connectivity index (χ1) is 14.5. The zero-order valence-electron chi connectivity index (χ0n) is 17.8. The van der Waals surface area contributed by atoms with Gasteiger partial charge < -0.3 is 9.84 Å². The van der Waals surface area contributed by atoms with E-state index >= 15 is 0 Å². The van der Waals surface area contributed by atoms with E-state index in [1.165, 1.54) is 11.1 Å². The van der Waals surface area contributed by atoms with Crippen molar-refractivity contribution < 1.29 is 9.32 Å². The number of hydrogen-bond donors (Lipinski definition) is 1. The Morgan fingerprint density at radius 1 is 1.07 bits per heavy atom. The molecule has 154 valence electrons. The number of amides is 2. The van der Waals surface area contributed by atoms with Gasteiger partial charge in [0.05, 0.1) is 11.6 Å². The van der Waals surface area contributed by atoms with Crippen LogP contribution in [-0.2, 0) is 0 Å². The second-order valence-corrected chi connectivity index (χ2v) is 7.67. The molecule has 2 aromatic carbocycles. The van der Waals surface area contributed by atoms with Gasteiger partial charge in [0.1, 0.15) is 0 Å². The molecule has 1 aliphatic heterocycles. The lowest BCUT2D eigenvalue weighted by atomic mass is 9.92. The number of nitrogens with one attached hydrogen (secondary N) is 1. The van der Waals surface area contributed by atoms with Crippen LogP contribution in [0.15, 0.2) is 58.8 Å². The lowest BCUT2D eigenvalue weighted by molar-refractivity contribution is 0.205. The molecule has 0 bridgehead atoms. The van der Waals surface area contributed by atoms with Crippen molar-refractivity contribution >= 4 is 11.6 Å². The normalized spacial score (nSPS) is 16.7. The fourth-order valence-corrected chi connectivity index (χ4v) is 3.78. The topological polar surface area (TPSA) is 71.3 Å². The summed E-state index contributed by atoms with van der Waals surface area (Å²) in [4.78, 5) is 19.3. The Labute approximate surface area is 176 Å². The first-order valence-corrected chi connectivity index (χ1v) is 10.2. The van der Waals surface area contributed by atoms with Gasteiger partial charge in [0.15, 0.2) is 0 Å². The highest BCUT2D eigenvalue weighted by molar-refractivity contribution is 5.86. The molecule has 2 amide bonds. The standard InChI is InChI=1S/C24H26N4O2/c1-5-13-28-17(4)20(23-26-22(27-30-23)18-9-7-6-8-10-18)21(25-24(28)29)19-12-11-15(2)16(3)14-19/h6-12,14,21H,5,13H2,1-4H3,(H,25,29). The summed E-state index contributed by atoms with van der Waals surface area (Å²) in [6.07, 6.45) is 0.853. The summed E-state index contributed by atoms with van der Waals surface area (Å²) in [5.74, 6) is 0.958. The van der Waals surface area contributed by atoms with Crippen LogP contribution in [0.5, 0.6) is 0 Å². The molecule has 1 aromatic heterocycles. The predicted octanol–water partition coefficient (Wildman–Crippen LogP) is 5.26. The predicted molar refractivity (Wildman–Crippen MR) is 117 cm³/mol. The van der Waals surface area contributed by atoms with Crippen LogP contribution in [0.3, 0.4) is 0 Å². The van der Waals surface area contributed by atoms with E-state index in [4.69, 9.17) is 4.52 Å². The molecule has 1 atom stereocenters. The fraction of sp³-hybridized carbons (Fsp3) is 0.292. The van der Waals surface area contributed by atoms with Gasteiger partial charge in [-0.05, 0) is 43.9 Å². The average Bonchev–Trinajstić information content (AvgIpc) is 3.23. The number of benzene rings is 2. The molecule has 0 saturated heterocycles. The largest absolute Gasteiger partial charge is 0.334 e. The molecule has 0 spiro atoms. The van der Waals surface area contributed by atoms with Gasteiger partial charge in [0, 0.05) is 17.8 Å². The van der Waals surface area contributed by atoms with E-state index in [1.54, 1.807) is 4.90 Å². The molecule has 6 nitrogen and oxygen atoms in total. The van der Waals surface area contributed by atoms with E-state index < -0.39 is 0 Å². The molecule has 6 heteroatoms. The Kier molecular flexibility index (Phi) is 5.40. The van der Waals surface area contributed by atoms with Gasteiger partial charge in [0.2, 0.25) is 5.82 Å². The molecular formula is C24H26N4O2. The average molecular weight is 402 g/mol. The molecule has 0 fully saturated rings. The van der Waals surface area contributed by atoms with Crippen LogP contribution in [0.1, 0.15) is 48.9 Å². The number of rotatable bonds is 5. The summed E-state index contributed by atoms with van der Waals surface area (Å²) >= 11 is 0. The number of allylic oxidation sites excluding steroid dienone is 1. The van der Waals surface area contributed by atoms with Crippen LogP contribution in [-0.4, -0.2) is 27.6 Å². The van der Waals surface area contributed by atoms with Crippen LogP contribution in [0, 0.1) is 13.8 Å². The summed E-state index contributed by atoms with van der Waals surface area (Å²) in [6, 6.07) is 15.5. The monoisotopic (exact) mass is 402 g/mol. The Morgan fingerprint density at radius 2 is 1.83 bits per heavy atom. The maximum absolute atomic E-state index is 12.8. The van der Waals surface area contributed by atoms with Crippen LogP contribution in [0.4, 0.5) is 4.79 Å². The summed E-state index contributed by atoms with van der Waals surface area (Å²) in [5, 5.41) is 7.34. The lowest BCUT2D eigenvalue weighted by Gasteiger charge is -2.35. The Balaban J connectivity index is 1.83. The van der Waals surface area contributed by atoms with E-state index in [9.17, 15) is 4.79 Å². The summed E-state index contributed by atoms with van der Waals surface area (Å²) in [5.41, 5.74) is 5.94. The summed E-state index contributed by atoms with van der Waals surface area (Å²) < 4.78 is 5.70. The van der Waals surface area contributed by atoms with Crippen molar-refractivity contribution in [2.45, 2.75) is 40.2 Å². The third-order valence-electron chi connectivity index (χ3n) is 5.60. The van der Waals surface area contributed by atoms with Crippen molar-refractivity contribution in [2.75, 3.05) is 6.54 Å². The molecule has 0 radical (unpaired) electrons. The smallest absolute Gasteiger partial charge is 0.322 e. The van der Waals surface area contributed by atoms with Gasteiger partial charge >= 0.3 is 6.03 Å². The molecule has 1 aliphatic rings. The van der Waals surface area contributed by atoms with Crippen LogP contribution >= 0.6 is 0 Å². The number of aromatic nitrogens is 2. The van der Waals surface area contributed by atoms with Crippen molar-refractivity contribution in [3.63, 3.8) is 0 Å². The molecule has 0 saturated carbocycles. The first-order valence-electron chi connectivity index (χ1n) is 10.2. The number of urea groups is 1.